The summed E-state index contributed by atoms with van der Waals surface area (Å²) in [7, 11) is 0. The molecule has 1 aliphatic heterocycles. The van der Waals surface area contributed by atoms with Crippen LogP contribution in [0.4, 0.5) is 10.5 Å². The molecule has 0 spiro atoms. The number of amides is 1. The smallest absolute Gasteiger partial charge is 0.410 e. The summed E-state index contributed by atoms with van der Waals surface area (Å²) in [5.41, 5.74) is 0.355. The van der Waals surface area contributed by atoms with Gasteiger partial charge in [-0.25, -0.2) is 9.78 Å². The minimum Gasteiger partial charge on any atom is -0.444 e. The summed E-state index contributed by atoms with van der Waals surface area (Å²) in [6, 6.07) is 2.18. The number of rotatable bonds is 2. The Labute approximate surface area is 150 Å². The highest BCUT2D eigenvalue weighted by molar-refractivity contribution is 9.10. The van der Waals surface area contributed by atoms with Crippen LogP contribution in [0.3, 0.4) is 0 Å². The number of anilines is 1. The molecule has 0 aliphatic carbocycles. The maximum atomic E-state index is 12.2. The molecule has 23 heavy (non-hydrogen) atoms. The third kappa shape index (κ3) is 5.84. The Kier molecular flexibility index (Phi) is 6.14. The van der Waals surface area contributed by atoms with Gasteiger partial charge in [0.05, 0.1) is 5.69 Å². The molecule has 0 saturated carbocycles. The third-order valence-electron chi connectivity index (χ3n) is 3.55. The molecule has 0 radical (unpaired) electrons. The Bertz CT molecular complexity index is 563. The first-order valence-electron chi connectivity index (χ1n) is 7.80. The molecule has 1 aromatic rings. The van der Waals surface area contributed by atoms with Gasteiger partial charge in [-0.2, -0.15) is 0 Å². The normalized spacial score (nSPS) is 19.2. The number of hydrogen-bond acceptors (Lipinski definition) is 4. The number of nitrogens with one attached hydrogen (secondary N) is 1. The molecule has 1 atom stereocenters. The fourth-order valence-corrected chi connectivity index (χ4v) is 2.98. The number of carbonyl (C=O) groups is 1. The second kappa shape index (κ2) is 7.71. The van der Waals surface area contributed by atoms with Gasteiger partial charge in [-0.15, -0.1) is 0 Å². The van der Waals surface area contributed by atoms with Crippen LogP contribution in [0.2, 0.25) is 5.15 Å². The highest BCUT2D eigenvalue weighted by atomic mass is 79.9. The maximum absolute atomic E-state index is 12.2. The van der Waals surface area contributed by atoms with Crippen LogP contribution in [0.5, 0.6) is 0 Å². The largest absolute Gasteiger partial charge is 0.444 e. The van der Waals surface area contributed by atoms with E-state index in [1.807, 2.05) is 26.8 Å². The van der Waals surface area contributed by atoms with Crippen LogP contribution in [0.1, 0.15) is 40.0 Å². The molecule has 1 N–H and O–H groups in total. The van der Waals surface area contributed by atoms with E-state index in [4.69, 9.17) is 16.3 Å². The van der Waals surface area contributed by atoms with Gasteiger partial charge >= 0.3 is 6.09 Å². The summed E-state index contributed by atoms with van der Waals surface area (Å²) in [6.45, 7) is 7.04. The van der Waals surface area contributed by atoms with Gasteiger partial charge in [0.25, 0.3) is 0 Å². The van der Waals surface area contributed by atoms with Gasteiger partial charge in [0.15, 0.2) is 5.15 Å². The van der Waals surface area contributed by atoms with E-state index in [2.05, 4.69) is 26.2 Å². The molecule has 1 aromatic heterocycles. The van der Waals surface area contributed by atoms with Gasteiger partial charge in [0.1, 0.15) is 5.60 Å². The van der Waals surface area contributed by atoms with Gasteiger partial charge in [-0.1, -0.05) is 11.6 Å². The van der Waals surface area contributed by atoms with E-state index in [0.29, 0.717) is 11.7 Å². The summed E-state index contributed by atoms with van der Waals surface area (Å²) >= 11 is 9.53. The Morgan fingerprint density at radius 2 is 2.17 bits per heavy atom. The zero-order valence-corrected chi connectivity index (χ0v) is 16.1. The molecule has 2 heterocycles. The second-order valence-corrected chi connectivity index (χ2v) is 8.01. The van der Waals surface area contributed by atoms with Crippen LogP contribution in [0.15, 0.2) is 16.7 Å². The number of hydrogen-bond donors (Lipinski definition) is 1. The first-order chi connectivity index (χ1) is 10.7. The molecule has 2 rings (SSSR count). The maximum Gasteiger partial charge on any atom is 0.410 e. The van der Waals surface area contributed by atoms with Crippen molar-refractivity contribution in [3.8, 4) is 0 Å². The van der Waals surface area contributed by atoms with Crippen LogP contribution in [0, 0.1) is 0 Å². The summed E-state index contributed by atoms with van der Waals surface area (Å²) in [6.07, 6.45) is 4.19. The predicted molar refractivity (Wildman–Crippen MR) is 96.0 cm³/mol. The minimum absolute atomic E-state index is 0.236. The van der Waals surface area contributed by atoms with E-state index in [0.717, 1.165) is 36.0 Å². The number of carbonyl (C=O) groups excluding carboxylic acids is 1. The lowest BCUT2D eigenvalue weighted by atomic mass is 10.1. The Balaban J connectivity index is 1.93. The average molecular weight is 405 g/mol. The minimum atomic E-state index is -0.462. The first-order valence-corrected chi connectivity index (χ1v) is 8.97. The Hall–Kier alpha value is -1.01. The van der Waals surface area contributed by atoms with Crippen molar-refractivity contribution < 1.29 is 9.53 Å². The lowest BCUT2D eigenvalue weighted by Crippen LogP contribution is -2.37. The Morgan fingerprint density at radius 1 is 1.43 bits per heavy atom. The van der Waals surface area contributed by atoms with E-state index in [9.17, 15) is 4.79 Å². The van der Waals surface area contributed by atoms with Gasteiger partial charge in [-0.3, -0.25) is 0 Å². The molecular weight excluding hydrogens is 382 g/mol. The number of halogens is 2. The molecule has 128 valence electrons. The highest BCUT2D eigenvalue weighted by Gasteiger charge is 2.25. The SMILES string of the molecule is CC(C)(C)OC(=O)N1CCCC(Nc2cc(Br)cnc2Cl)CC1. The van der Waals surface area contributed by atoms with Gasteiger partial charge in [-0.05, 0) is 62.0 Å². The van der Waals surface area contributed by atoms with E-state index in [1.165, 1.54) is 0 Å². The van der Waals surface area contributed by atoms with Crippen LogP contribution in [-0.2, 0) is 4.74 Å². The summed E-state index contributed by atoms with van der Waals surface area (Å²) in [5.74, 6) is 0. The standard InChI is InChI=1S/C16H23BrClN3O2/c1-16(2,3)23-15(22)21-7-4-5-12(6-8-21)20-13-9-11(17)10-19-14(13)18/h9-10,12,20H,4-8H2,1-3H3. The summed E-state index contributed by atoms with van der Waals surface area (Å²) < 4.78 is 6.33. The molecule has 1 saturated heterocycles. The second-order valence-electron chi connectivity index (χ2n) is 6.73. The van der Waals surface area contributed by atoms with Crippen molar-refractivity contribution in [1.82, 2.24) is 9.88 Å². The fourth-order valence-electron chi connectivity index (χ4n) is 2.49. The molecule has 0 aromatic carbocycles. The number of pyridine rings is 1. The molecule has 1 aliphatic rings. The van der Waals surface area contributed by atoms with Gasteiger partial charge < -0.3 is 15.0 Å². The molecule has 7 heteroatoms. The zero-order chi connectivity index (χ0) is 17.0. The van der Waals surface area contributed by atoms with E-state index < -0.39 is 5.60 Å². The number of likely N-dealkylation sites (tertiary alicyclic amines) is 1. The van der Waals surface area contributed by atoms with Crippen molar-refractivity contribution in [3.63, 3.8) is 0 Å². The van der Waals surface area contributed by atoms with Crippen LogP contribution >= 0.6 is 27.5 Å². The fraction of sp³-hybridized carbons (Fsp3) is 0.625. The van der Waals surface area contributed by atoms with Gasteiger partial charge in [0.2, 0.25) is 0 Å². The van der Waals surface area contributed by atoms with E-state index in [-0.39, 0.29) is 12.1 Å². The third-order valence-corrected chi connectivity index (χ3v) is 4.28. The average Bonchev–Trinajstić information content (AvgIpc) is 2.67. The highest BCUT2D eigenvalue weighted by Crippen LogP contribution is 2.26. The van der Waals surface area contributed by atoms with Crippen molar-refractivity contribution in [3.05, 3.63) is 21.9 Å². The van der Waals surface area contributed by atoms with Crippen molar-refractivity contribution in [2.75, 3.05) is 18.4 Å². The van der Waals surface area contributed by atoms with Crippen molar-refractivity contribution in [2.45, 2.75) is 51.7 Å². The molecule has 1 unspecified atom stereocenters. The molecule has 0 bridgehead atoms. The Morgan fingerprint density at radius 3 is 2.87 bits per heavy atom. The van der Waals surface area contributed by atoms with Crippen molar-refractivity contribution in [2.24, 2.45) is 0 Å². The summed E-state index contributed by atoms with van der Waals surface area (Å²) in [4.78, 5) is 18.1. The number of aromatic nitrogens is 1. The van der Waals surface area contributed by atoms with Crippen molar-refractivity contribution in [1.29, 1.82) is 0 Å². The van der Waals surface area contributed by atoms with Crippen molar-refractivity contribution >= 4 is 39.3 Å². The lowest BCUT2D eigenvalue weighted by Gasteiger charge is -2.26. The van der Waals surface area contributed by atoms with Crippen LogP contribution < -0.4 is 5.32 Å². The molecule has 1 fully saturated rings. The quantitative estimate of drug-likeness (QED) is 0.726. The lowest BCUT2D eigenvalue weighted by molar-refractivity contribution is 0.0256. The van der Waals surface area contributed by atoms with E-state index in [1.54, 1.807) is 11.1 Å². The first kappa shape index (κ1) is 18.3. The molecular formula is C16H23BrClN3O2. The number of ether oxygens (including phenoxy) is 1. The zero-order valence-electron chi connectivity index (χ0n) is 13.7. The van der Waals surface area contributed by atoms with Crippen LogP contribution in [-0.4, -0.2) is 40.7 Å². The monoisotopic (exact) mass is 403 g/mol. The van der Waals surface area contributed by atoms with E-state index >= 15 is 0 Å². The predicted octanol–water partition coefficient (Wildman–Crippen LogP) is 4.70. The molecule has 5 nitrogen and oxygen atoms in total. The van der Waals surface area contributed by atoms with Gasteiger partial charge in [0, 0.05) is 29.8 Å². The summed E-state index contributed by atoms with van der Waals surface area (Å²) in [5, 5.41) is 3.89. The topological polar surface area (TPSA) is 54.5 Å². The number of nitrogens with zero attached hydrogens (tertiary/aromatic N) is 2. The molecule has 1 amide bonds. The van der Waals surface area contributed by atoms with Crippen LogP contribution in [0.25, 0.3) is 0 Å².